The largest absolute Gasteiger partial charge is 0.346 e. The van der Waals surface area contributed by atoms with Crippen LogP contribution in [0.1, 0.15) is 31.1 Å². The van der Waals surface area contributed by atoms with E-state index in [0.717, 1.165) is 5.56 Å². The smallest absolute Gasteiger partial charge is 0.244 e. The van der Waals surface area contributed by atoms with Crippen LogP contribution in [0.5, 0.6) is 0 Å². The number of para-hydroxylation sites is 1. The van der Waals surface area contributed by atoms with Gasteiger partial charge in [-0.05, 0) is 42.8 Å². The average molecular weight is 478 g/mol. The van der Waals surface area contributed by atoms with Gasteiger partial charge in [0.15, 0.2) is 5.13 Å². The molecule has 2 amide bonds. The van der Waals surface area contributed by atoms with Crippen LogP contribution >= 0.6 is 34.5 Å². The van der Waals surface area contributed by atoms with Gasteiger partial charge in [0.1, 0.15) is 5.82 Å². The third-order valence-corrected chi connectivity index (χ3v) is 5.90. The number of thiazole rings is 1. The van der Waals surface area contributed by atoms with Crippen molar-refractivity contribution in [3.63, 3.8) is 0 Å². The quantitative estimate of drug-likeness (QED) is 0.432. The van der Waals surface area contributed by atoms with E-state index in [1.807, 2.05) is 6.92 Å². The van der Waals surface area contributed by atoms with E-state index in [9.17, 15) is 14.0 Å². The molecule has 0 fully saturated rings. The number of benzene rings is 2. The van der Waals surface area contributed by atoms with Crippen molar-refractivity contribution in [3.05, 3.63) is 81.0 Å². The van der Waals surface area contributed by atoms with Crippen LogP contribution in [0.3, 0.4) is 0 Å². The molecule has 5 nitrogen and oxygen atoms in total. The first-order valence-electron chi connectivity index (χ1n) is 9.20. The van der Waals surface area contributed by atoms with Crippen LogP contribution in [0.15, 0.2) is 53.9 Å². The SMILES string of the molecule is CC(=O)N(c1nc(/C=C/C(=O)NC(C)c2ccc(Cl)c(Cl)c2)cs1)c1ccccc1F. The predicted molar refractivity (Wildman–Crippen MR) is 123 cm³/mol. The summed E-state index contributed by atoms with van der Waals surface area (Å²) >= 11 is 13.1. The third kappa shape index (κ3) is 5.70. The van der Waals surface area contributed by atoms with E-state index in [0.29, 0.717) is 20.9 Å². The molecule has 160 valence electrons. The summed E-state index contributed by atoms with van der Waals surface area (Å²) in [5.74, 6) is -1.23. The van der Waals surface area contributed by atoms with E-state index >= 15 is 0 Å². The molecular formula is C22H18Cl2FN3O2S. The van der Waals surface area contributed by atoms with Crippen molar-refractivity contribution < 1.29 is 14.0 Å². The van der Waals surface area contributed by atoms with Gasteiger partial charge in [0, 0.05) is 18.4 Å². The Labute approximate surface area is 193 Å². The lowest BCUT2D eigenvalue weighted by Gasteiger charge is -2.18. The Bertz CT molecular complexity index is 1150. The van der Waals surface area contributed by atoms with Gasteiger partial charge in [-0.1, -0.05) is 41.4 Å². The number of hydrogen-bond acceptors (Lipinski definition) is 4. The lowest BCUT2D eigenvalue weighted by atomic mass is 10.1. The molecule has 1 unspecified atom stereocenters. The van der Waals surface area contributed by atoms with Gasteiger partial charge in [-0.2, -0.15) is 0 Å². The fourth-order valence-electron chi connectivity index (χ4n) is 2.78. The van der Waals surface area contributed by atoms with E-state index in [-0.39, 0.29) is 23.5 Å². The number of hydrogen-bond donors (Lipinski definition) is 1. The number of amides is 2. The first kappa shape index (κ1) is 22.9. The zero-order valence-electron chi connectivity index (χ0n) is 16.6. The Morgan fingerprint density at radius 1 is 1.19 bits per heavy atom. The lowest BCUT2D eigenvalue weighted by molar-refractivity contribution is -0.117. The monoisotopic (exact) mass is 477 g/mol. The van der Waals surface area contributed by atoms with Crippen LogP contribution in [0, 0.1) is 5.82 Å². The van der Waals surface area contributed by atoms with Crippen LogP contribution in [0.2, 0.25) is 10.0 Å². The Balaban J connectivity index is 1.70. The highest BCUT2D eigenvalue weighted by atomic mass is 35.5. The van der Waals surface area contributed by atoms with Gasteiger partial charge < -0.3 is 5.32 Å². The molecule has 1 N–H and O–H groups in total. The molecule has 31 heavy (non-hydrogen) atoms. The molecule has 1 atom stereocenters. The van der Waals surface area contributed by atoms with Gasteiger partial charge in [0.25, 0.3) is 0 Å². The maximum atomic E-state index is 14.2. The number of carbonyl (C=O) groups excluding carboxylic acids is 2. The van der Waals surface area contributed by atoms with Crippen molar-refractivity contribution in [3.8, 4) is 0 Å². The number of rotatable bonds is 6. The van der Waals surface area contributed by atoms with E-state index in [1.165, 1.54) is 47.4 Å². The Morgan fingerprint density at radius 3 is 2.61 bits per heavy atom. The Kier molecular flexibility index (Phi) is 7.43. The van der Waals surface area contributed by atoms with Gasteiger partial charge in [-0.3, -0.25) is 14.5 Å². The van der Waals surface area contributed by atoms with Gasteiger partial charge in [0.05, 0.1) is 27.5 Å². The molecule has 0 aliphatic heterocycles. The molecule has 0 saturated heterocycles. The summed E-state index contributed by atoms with van der Waals surface area (Å²) in [5, 5.41) is 5.67. The van der Waals surface area contributed by atoms with Crippen LogP contribution in [-0.4, -0.2) is 16.8 Å². The molecule has 0 aliphatic carbocycles. The van der Waals surface area contributed by atoms with Crippen molar-refractivity contribution in [1.29, 1.82) is 0 Å². The maximum absolute atomic E-state index is 14.2. The summed E-state index contributed by atoms with van der Waals surface area (Å²) in [6, 6.07) is 10.8. The first-order chi connectivity index (χ1) is 14.8. The minimum Gasteiger partial charge on any atom is -0.346 e. The Hall–Kier alpha value is -2.74. The third-order valence-electron chi connectivity index (χ3n) is 4.32. The Morgan fingerprint density at radius 2 is 1.94 bits per heavy atom. The fraction of sp³-hybridized carbons (Fsp3) is 0.136. The molecule has 0 spiro atoms. The summed E-state index contributed by atoms with van der Waals surface area (Å²) in [7, 11) is 0. The minimum absolute atomic E-state index is 0.119. The first-order valence-corrected chi connectivity index (χ1v) is 10.8. The summed E-state index contributed by atoms with van der Waals surface area (Å²) in [6.45, 7) is 3.16. The zero-order chi connectivity index (χ0) is 22.5. The summed E-state index contributed by atoms with van der Waals surface area (Å²) in [4.78, 5) is 29.9. The fourth-order valence-corrected chi connectivity index (χ4v) is 3.94. The highest BCUT2D eigenvalue weighted by Gasteiger charge is 2.20. The number of nitrogens with zero attached hydrogens (tertiary/aromatic N) is 2. The van der Waals surface area contributed by atoms with Crippen LogP contribution in [-0.2, 0) is 9.59 Å². The van der Waals surface area contributed by atoms with E-state index in [2.05, 4.69) is 10.3 Å². The molecule has 1 aromatic heterocycles. The molecule has 0 bridgehead atoms. The second kappa shape index (κ2) is 10.0. The zero-order valence-corrected chi connectivity index (χ0v) is 18.9. The normalized spacial score (nSPS) is 12.0. The predicted octanol–water partition coefficient (Wildman–Crippen LogP) is 6.16. The van der Waals surface area contributed by atoms with Crippen molar-refractivity contribution in [2.45, 2.75) is 19.9 Å². The van der Waals surface area contributed by atoms with Crippen LogP contribution < -0.4 is 10.2 Å². The topological polar surface area (TPSA) is 62.3 Å². The highest BCUT2D eigenvalue weighted by Crippen LogP contribution is 2.31. The highest BCUT2D eigenvalue weighted by molar-refractivity contribution is 7.14. The molecule has 0 saturated carbocycles. The van der Waals surface area contributed by atoms with Crippen LogP contribution in [0.25, 0.3) is 6.08 Å². The molecule has 0 radical (unpaired) electrons. The number of halogens is 3. The molecule has 2 aromatic carbocycles. The summed E-state index contributed by atoms with van der Waals surface area (Å²) in [6.07, 6.45) is 2.87. The van der Waals surface area contributed by atoms with Gasteiger partial charge in [-0.15, -0.1) is 11.3 Å². The maximum Gasteiger partial charge on any atom is 0.244 e. The minimum atomic E-state index is -0.527. The molecule has 3 aromatic rings. The van der Waals surface area contributed by atoms with Crippen molar-refractivity contribution in [2.24, 2.45) is 0 Å². The standard InChI is InChI=1S/C22H18Cl2FN3O2S/c1-13(15-7-9-17(23)18(24)11-15)26-21(30)10-8-16-12-31-22(27-16)28(14(2)29)20-6-4-3-5-19(20)25/h3-13H,1-2H3,(H,26,30)/b10-8+. The number of carbonyl (C=O) groups is 2. The van der Waals surface area contributed by atoms with Gasteiger partial charge >= 0.3 is 0 Å². The van der Waals surface area contributed by atoms with E-state index < -0.39 is 5.82 Å². The second-order valence-electron chi connectivity index (χ2n) is 6.60. The van der Waals surface area contributed by atoms with E-state index in [1.54, 1.807) is 35.7 Å². The van der Waals surface area contributed by atoms with Crippen molar-refractivity contribution in [2.75, 3.05) is 4.90 Å². The number of nitrogens with one attached hydrogen (secondary N) is 1. The van der Waals surface area contributed by atoms with Gasteiger partial charge in [-0.25, -0.2) is 9.37 Å². The number of aromatic nitrogens is 1. The van der Waals surface area contributed by atoms with Crippen molar-refractivity contribution in [1.82, 2.24) is 10.3 Å². The molecular weight excluding hydrogens is 460 g/mol. The van der Waals surface area contributed by atoms with E-state index in [4.69, 9.17) is 23.2 Å². The number of anilines is 2. The van der Waals surface area contributed by atoms with Crippen molar-refractivity contribution >= 4 is 63.2 Å². The van der Waals surface area contributed by atoms with Gasteiger partial charge in [0.2, 0.25) is 11.8 Å². The molecule has 3 rings (SSSR count). The summed E-state index contributed by atoms with van der Waals surface area (Å²) in [5.41, 5.74) is 1.40. The van der Waals surface area contributed by atoms with Crippen LogP contribution in [0.4, 0.5) is 15.2 Å². The molecule has 1 heterocycles. The average Bonchev–Trinajstić information content (AvgIpc) is 3.18. The second-order valence-corrected chi connectivity index (χ2v) is 8.25. The molecule has 9 heteroatoms. The lowest BCUT2D eigenvalue weighted by Crippen LogP contribution is -2.24. The summed E-state index contributed by atoms with van der Waals surface area (Å²) < 4.78 is 14.2. The molecule has 0 aliphatic rings.